The maximum absolute atomic E-state index is 13.9. The minimum atomic E-state index is -1.35. The number of ether oxygens (including phenoxy) is 1. The Labute approximate surface area is 199 Å². The molecule has 8 heteroatoms. The van der Waals surface area contributed by atoms with Gasteiger partial charge in [0.25, 0.3) is 5.69 Å². The normalized spacial score (nSPS) is 22.3. The smallest absolute Gasteiger partial charge is 0.329 e. The number of benzene rings is 2. The average molecular weight is 466 g/mol. The van der Waals surface area contributed by atoms with Crippen LogP contribution in [0.2, 0.25) is 0 Å². The highest BCUT2D eigenvalue weighted by Crippen LogP contribution is 2.47. The standard InChI is InChI=1S/C26H31N3O5/c1-6-34-25(31)26(28(5)16-20-11-8-7-9-12-20)19(4)27-17(2)23(18(3)30)24(26)21-13-10-14-22(15-21)29(32)33/h7-15,19,24,27H,6,16H2,1-5H3. The topological polar surface area (TPSA) is 102 Å². The molecule has 2 aromatic rings. The van der Waals surface area contributed by atoms with Crippen LogP contribution in [0.4, 0.5) is 5.69 Å². The van der Waals surface area contributed by atoms with E-state index in [1.54, 1.807) is 26.0 Å². The second-order valence-electron chi connectivity index (χ2n) is 8.63. The number of Topliss-reactive ketones (excluding diaryl/α,β-unsaturated/α-hetero) is 1. The van der Waals surface area contributed by atoms with E-state index in [4.69, 9.17) is 4.74 Å². The molecule has 1 aliphatic rings. The molecule has 180 valence electrons. The second kappa shape index (κ2) is 10.2. The molecule has 0 aliphatic carbocycles. The van der Waals surface area contributed by atoms with E-state index in [1.807, 2.05) is 49.2 Å². The number of nitrogens with one attached hydrogen (secondary N) is 1. The van der Waals surface area contributed by atoms with Gasteiger partial charge in [-0.1, -0.05) is 42.5 Å². The van der Waals surface area contributed by atoms with E-state index in [-0.39, 0.29) is 18.1 Å². The molecule has 2 aromatic carbocycles. The number of rotatable bonds is 8. The van der Waals surface area contributed by atoms with E-state index >= 15 is 0 Å². The molecular weight excluding hydrogens is 434 g/mol. The predicted octanol–water partition coefficient (Wildman–Crippen LogP) is 3.97. The van der Waals surface area contributed by atoms with Gasteiger partial charge >= 0.3 is 5.97 Å². The van der Waals surface area contributed by atoms with Crippen LogP contribution in [0.25, 0.3) is 0 Å². The molecule has 0 saturated heterocycles. The Morgan fingerprint density at radius 3 is 2.44 bits per heavy atom. The molecule has 3 unspecified atom stereocenters. The molecule has 3 rings (SSSR count). The van der Waals surface area contributed by atoms with Crippen LogP contribution in [0.15, 0.2) is 65.9 Å². The van der Waals surface area contributed by atoms with Crippen LogP contribution in [0, 0.1) is 10.1 Å². The summed E-state index contributed by atoms with van der Waals surface area (Å²) in [5.74, 6) is -1.49. The molecule has 0 spiro atoms. The van der Waals surface area contributed by atoms with Crippen molar-refractivity contribution in [1.82, 2.24) is 10.2 Å². The first-order valence-electron chi connectivity index (χ1n) is 11.3. The second-order valence-corrected chi connectivity index (χ2v) is 8.63. The molecule has 34 heavy (non-hydrogen) atoms. The number of esters is 1. The van der Waals surface area contributed by atoms with Crippen molar-refractivity contribution < 1.29 is 19.2 Å². The molecule has 1 heterocycles. The van der Waals surface area contributed by atoms with Crippen LogP contribution in [0.5, 0.6) is 0 Å². The molecule has 0 radical (unpaired) electrons. The number of carbonyl (C=O) groups is 2. The zero-order chi connectivity index (χ0) is 25.0. The van der Waals surface area contributed by atoms with Crippen LogP contribution in [-0.4, -0.2) is 46.8 Å². The zero-order valence-electron chi connectivity index (χ0n) is 20.2. The lowest BCUT2D eigenvalue weighted by Crippen LogP contribution is -2.69. The number of likely N-dealkylation sites (N-methyl/N-ethyl adjacent to an activating group) is 1. The van der Waals surface area contributed by atoms with Gasteiger partial charge in [0.2, 0.25) is 0 Å². The maximum atomic E-state index is 13.9. The lowest BCUT2D eigenvalue weighted by molar-refractivity contribution is -0.384. The Morgan fingerprint density at radius 2 is 1.85 bits per heavy atom. The zero-order valence-corrected chi connectivity index (χ0v) is 20.2. The SMILES string of the molecule is CCOC(=O)C1(N(C)Cc2ccccc2)C(C)NC(C)=C(C(C)=O)C1c1cccc([N+](=O)[O-])c1. The van der Waals surface area contributed by atoms with Gasteiger partial charge in [0.15, 0.2) is 11.3 Å². The summed E-state index contributed by atoms with van der Waals surface area (Å²) in [6, 6.07) is 15.4. The van der Waals surface area contributed by atoms with Gasteiger partial charge < -0.3 is 10.1 Å². The minimum absolute atomic E-state index is 0.104. The van der Waals surface area contributed by atoms with E-state index in [1.165, 1.54) is 19.1 Å². The van der Waals surface area contributed by atoms with Crippen LogP contribution in [0.3, 0.4) is 0 Å². The highest BCUT2D eigenvalue weighted by molar-refractivity contribution is 5.99. The van der Waals surface area contributed by atoms with Crippen LogP contribution in [0.1, 0.15) is 44.7 Å². The number of ketones is 1. The van der Waals surface area contributed by atoms with E-state index in [0.29, 0.717) is 23.4 Å². The number of hydrogen-bond acceptors (Lipinski definition) is 7. The van der Waals surface area contributed by atoms with Crippen molar-refractivity contribution in [2.45, 2.75) is 51.7 Å². The summed E-state index contributed by atoms with van der Waals surface area (Å²) >= 11 is 0. The molecule has 0 saturated carbocycles. The average Bonchev–Trinajstić information content (AvgIpc) is 2.79. The highest BCUT2D eigenvalue weighted by Gasteiger charge is 2.59. The Morgan fingerprint density at radius 1 is 1.18 bits per heavy atom. The van der Waals surface area contributed by atoms with Crippen molar-refractivity contribution in [3.63, 3.8) is 0 Å². The number of hydrogen-bond donors (Lipinski definition) is 1. The molecule has 1 aliphatic heterocycles. The first kappa shape index (κ1) is 25.1. The third-order valence-corrected chi connectivity index (χ3v) is 6.52. The molecule has 3 atom stereocenters. The third kappa shape index (κ3) is 4.46. The van der Waals surface area contributed by atoms with Gasteiger partial charge in [-0.15, -0.1) is 0 Å². The van der Waals surface area contributed by atoms with Gasteiger partial charge in [0, 0.05) is 35.9 Å². The van der Waals surface area contributed by atoms with E-state index in [0.717, 1.165) is 5.56 Å². The van der Waals surface area contributed by atoms with Gasteiger partial charge in [-0.05, 0) is 45.9 Å². The van der Waals surface area contributed by atoms with Gasteiger partial charge in [0.1, 0.15) is 0 Å². The predicted molar refractivity (Wildman–Crippen MR) is 129 cm³/mol. The molecule has 1 N–H and O–H groups in total. The largest absolute Gasteiger partial charge is 0.465 e. The van der Waals surface area contributed by atoms with Crippen LogP contribution in [-0.2, 0) is 20.9 Å². The van der Waals surface area contributed by atoms with Crippen molar-refractivity contribution >= 4 is 17.4 Å². The Hall–Kier alpha value is -3.52. The van der Waals surface area contributed by atoms with Gasteiger partial charge in [-0.2, -0.15) is 0 Å². The molecule has 0 bridgehead atoms. The summed E-state index contributed by atoms with van der Waals surface area (Å²) < 4.78 is 5.62. The van der Waals surface area contributed by atoms with E-state index in [9.17, 15) is 19.7 Å². The van der Waals surface area contributed by atoms with Crippen molar-refractivity contribution in [1.29, 1.82) is 0 Å². The minimum Gasteiger partial charge on any atom is -0.465 e. The number of carbonyl (C=O) groups excluding carboxylic acids is 2. The van der Waals surface area contributed by atoms with Gasteiger partial charge in [-0.3, -0.25) is 19.8 Å². The monoisotopic (exact) mass is 465 g/mol. The van der Waals surface area contributed by atoms with Crippen molar-refractivity contribution in [2.75, 3.05) is 13.7 Å². The molecular formula is C26H31N3O5. The fourth-order valence-corrected chi connectivity index (χ4v) is 5.14. The Bertz CT molecular complexity index is 1110. The van der Waals surface area contributed by atoms with Crippen molar-refractivity contribution in [2.24, 2.45) is 0 Å². The van der Waals surface area contributed by atoms with Crippen LogP contribution < -0.4 is 5.32 Å². The van der Waals surface area contributed by atoms with Crippen LogP contribution >= 0.6 is 0 Å². The first-order chi connectivity index (χ1) is 16.1. The Kier molecular flexibility index (Phi) is 7.51. The summed E-state index contributed by atoms with van der Waals surface area (Å²) in [6.07, 6.45) is 0. The molecule has 8 nitrogen and oxygen atoms in total. The quantitative estimate of drug-likeness (QED) is 0.358. The fraction of sp³-hybridized carbons (Fsp3) is 0.385. The number of non-ortho nitro benzene ring substituents is 1. The number of nitrogens with zero attached hydrogens (tertiary/aromatic N) is 2. The molecule has 0 aromatic heterocycles. The van der Waals surface area contributed by atoms with E-state index < -0.39 is 28.4 Å². The number of nitro benzene ring substituents is 1. The maximum Gasteiger partial charge on any atom is 0.329 e. The van der Waals surface area contributed by atoms with Crippen molar-refractivity contribution in [3.8, 4) is 0 Å². The lowest BCUT2D eigenvalue weighted by Gasteiger charge is -2.52. The summed E-state index contributed by atoms with van der Waals surface area (Å²) in [7, 11) is 1.82. The lowest BCUT2D eigenvalue weighted by atomic mass is 9.66. The Balaban J connectivity index is 2.32. The summed E-state index contributed by atoms with van der Waals surface area (Å²) in [4.78, 5) is 39.8. The number of allylic oxidation sites excluding steroid dienone is 1. The summed E-state index contributed by atoms with van der Waals surface area (Å²) in [5.41, 5.74) is 1.10. The van der Waals surface area contributed by atoms with Gasteiger partial charge in [-0.25, -0.2) is 4.79 Å². The summed E-state index contributed by atoms with van der Waals surface area (Å²) in [6.45, 7) is 7.42. The van der Waals surface area contributed by atoms with Gasteiger partial charge in [0.05, 0.1) is 17.6 Å². The number of nitro groups is 1. The summed E-state index contributed by atoms with van der Waals surface area (Å²) in [5, 5.41) is 14.9. The highest BCUT2D eigenvalue weighted by atomic mass is 16.6. The molecule has 0 fully saturated rings. The fourth-order valence-electron chi connectivity index (χ4n) is 5.14. The van der Waals surface area contributed by atoms with Crippen molar-refractivity contribution in [3.05, 3.63) is 87.1 Å². The molecule has 0 amide bonds. The van der Waals surface area contributed by atoms with E-state index in [2.05, 4.69) is 5.32 Å². The first-order valence-corrected chi connectivity index (χ1v) is 11.3. The third-order valence-electron chi connectivity index (χ3n) is 6.52.